The lowest BCUT2D eigenvalue weighted by atomic mass is 10.00. The second-order valence-corrected chi connectivity index (χ2v) is 6.87. The van der Waals surface area contributed by atoms with E-state index < -0.39 is 17.6 Å². The minimum absolute atomic E-state index is 0.0161. The maximum absolute atomic E-state index is 12.8. The number of aromatic nitrogens is 1. The van der Waals surface area contributed by atoms with Crippen LogP contribution in [0.15, 0.2) is 34.8 Å². The van der Waals surface area contributed by atoms with Crippen LogP contribution in [0.2, 0.25) is 5.15 Å². The topological polar surface area (TPSA) is 77.3 Å². The molecule has 0 aliphatic rings. The predicted molar refractivity (Wildman–Crippen MR) is 103 cm³/mol. The lowest BCUT2D eigenvalue weighted by Gasteiger charge is -2.23. The van der Waals surface area contributed by atoms with Crippen molar-refractivity contribution >= 4 is 39.0 Å². The summed E-state index contributed by atoms with van der Waals surface area (Å²) in [5, 5.41) is 14.4. The van der Waals surface area contributed by atoms with Gasteiger partial charge in [-0.15, -0.1) is 0 Å². The number of benzene rings is 1. The van der Waals surface area contributed by atoms with Gasteiger partial charge in [-0.2, -0.15) is 8.78 Å². The van der Waals surface area contributed by atoms with Gasteiger partial charge in [0.25, 0.3) is 0 Å². The van der Waals surface area contributed by atoms with Gasteiger partial charge in [-0.05, 0) is 24.6 Å². The highest BCUT2D eigenvalue weighted by Gasteiger charge is 2.25. The molecule has 0 saturated heterocycles. The summed E-state index contributed by atoms with van der Waals surface area (Å²) >= 11 is 9.24. The quantitative estimate of drug-likeness (QED) is 0.266. The average molecular weight is 465 g/mol. The summed E-state index contributed by atoms with van der Waals surface area (Å²) in [6.45, 7) is -1.02. The van der Waals surface area contributed by atoms with E-state index >= 15 is 0 Å². The molecule has 2 aromatic rings. The summed E-state index contributed by atoms with van der Waals surface area (Å²) in [5.74, 6) is -0.0509. The number of ether oxygens (including phenoxy) is 1. The highest BCUT2D eigenvalue weighted by atomic mass is 79.9. The molecule has 0 radical (unpaired) electrons. The molecule has 146 valence electrons. The Morgan fingerprint density at radius 1 is 1.37 bits per heavy atom. The summed E-state index contributed by atoms with van der Waals surface area (Å²) < 4.78 is 30.8. The molecule has 0 fully saturated rings. The van der Waals surface area contributed by atoms with Crippen LogP contribution in [0.1, 0.15) is 37.8 Å². The molecule has 0 spiro atoms. The zero-order chi connectivity index (χ0) is 20.0. The molecular weight excluding hydrogens is 448 g/mol. The molecule has 1 aromatic carbocycles. The SMILES string of the molecule is CCCC[C@@H](Nc1nc(Cl)ccc1[N+](=O)[O-])c1c(Br)cccc1OC(F)F. The first-order valence-corrected chi connectivity index (χ1v) is 9.31. The molecule has 10 heteroatoms. The van der Waals surface area contributed by atoms with Crippen molar-refractivity contribution in [2.24, 2.45) is 0 Å². The van der Waals surface area contributed by atoms with Gasteiger partial charge in [0.2, 0.25) is 5.82 Å². The monoisotopic (exact) mass is 463 g/mol. The lowest BCUT2D eigenvalue weighted by molar-refractivity contribution is -0.384. The van der Waals surface area contributed by atoms with Crippen LogP contribution in [-0.4, -0.2) is 16.5 Å². The van der Waals surface area contributed by atoms with Crippen molar-refractivity contribution in [2.75, 3.05) is 5.32 Å². The van der Waals surface area contributed by atoms with Gasteiger partial charge in [0.15, 0.2) is 0 Å². The first-order chi connectivity index (χ1) is 12.8. The Morgan fingerprint density at radius 2 is 2.11 bits per heavy atom. The van der Waals surface area contributed by atoms with Crippen molar-refractivity contribution in [3.05, 3.63) is 55.6 Å². The molecule has 1 atom stereocenters. The maximum Gasteiger partial charge on any atom is 0.387 e. The molecule has 0 saturated carbocycles. The Kier molecular flexibility index (Phi) is 7.73. The highest BCUT2D eigenvalue weighted by molar-refractivity contribution is 9.10. The molecule has 0 unspecified atom stereocenters. The van der Waals surface area contributed by atoms with Crippen molar-refractivity contribution in [3.8, 4) is 5.75 Å². The zero-order valence-corrected chi connectivity index (χ0v) is 16.6. The van der Waals surface area contributed by atoms with Crippen LogP contribution < -0.4 is 10.1 Å². The molecule has 0 bridgehead atoms. The van der Waals surface area contributed by atoms with Gasteiger partial charge < -0.3 is 10.1 Å². The minimum atomic E-state index is -3.00. The molecule has 2 rings (SSSR count). The van der Waals surface area contributed by atoms with Crippen LogP contribution in [0.4, 0.5) is 20.3 Å². The molecular formula is C17H17BrClF2N3O3. The molecule has 6 nitrogen and oxygen atoms in total. The number of hydrogen-bond donors (Lipinski definition) is 1. The van der Waals surface area contributed by atoms with Crippen molar-refractivity contribution in [3.63, 3.8) is 0 Å². The fourth-order valence-electron chi connectivity index (χ4n) is 2.60. The molecule has 0 aliphatic heterocycles. The fraction of sp³-hybridized carbons (Fsp3) is 0.353. The number of alkyl halides is 2. The Bertz CT molecular complexity index is 811. The van der Waals surface area contributed by atoms with Crippen molar-refractivity contribution in [2.45, 2.75) is 38.8 Å². The smallest absolute Gasteiger partial charge is 0.387 e. The molecule has 1 N–H and O–H groups in total. The first-order valence-electron chi connectivity index (χ1n) is 8.14. The summed E-state index contributed by atoms with van der Waals surface area (Å²) in [6, 6.07) is 6.68. The van der Waals surface area contributed by atoms with Crippen molar-refractivity contribution < 1.29 is 18.4 Å². The largest absolute Gasteiger partial charge is 0.434 e. The van der Waals surface area contributed by atoms with E-state index in [-0.39, 0.29) is 22.4 Å². The summed E-state index contributed by atoms with van der Waals surface area (Å²) in [5.41, 5.74) is 0.173. The van der Waals surface area contributed by atoms with E-state index in [0.717, 1.165) is 12.8 Å². The Morgan fingerprint density at radius 3 is 2.74 bits per heavy atom. The van der Waals surface area contributed by atoms with E-state index in [1.54, 1.807) is 12.1 Å². The number of anilines is 1. The van der Waals surface area contributed by atoms with Crippen LogP contribution in [0.25, 0.3) is 0 Å². The van der Waals surface area contributed by atoms with Gasteiger partial charge >= 0.3 is 12.3 Å². The Balaban J connectivity index is 2.49. The summed E-state index contributed by atoms with van der Waals surface area (Å²) in [7, 11) is 0. The molecule has 1 heterocycles. The molecule has 0 aliphatic carbocycles. The maximum atomic E-state index is 12.8. The van der Waals surface area contributed by atoms with Gasteiger partial charge in [0, 0.05) is 16.1 Å². The van der Waals surface area contributed by atoms with Gasteiger partial charge in [0.1, 0.15) is 10.9 Å². The van der Waals surface area contributed by atoms with E-state index in [1.807, 2.05) is 6.92 Å². The van der Waals surface area contributed by atoms with Crippen LogP contribution in [-0.2, 0) is 0 Å². The summed E-state index contributed by atoms with van der Waals surface area (Å²) in [4.78, 5) is 14.7. The number of pyridine rings is 1. The van der Waals surface area contributed by atoms with E-state index in [4.69, 9.17) is 11.6 Å². The molecule has 0 amide bonds. The zero-order valence-electron chi connectivity index (χ0n) is 14.3. The Labute approximate surface area is 168 Å². The van der Waals surface area contributed by atoms with E-state index in [1.165, 1.54) is 18.2 Å². The van der Waals surface area contributed by atoms with Gasteiger partial charge in [-0.1, -0.05) is 53.4 Å². The van der Waals surface area contributed by atoms with E-state index in [0.29, 0.717) is 16.5 Å². The number of rotatable bonds is 9. The number of halogens is 4. The second-order valence-electron chi connectivity index (χ2n) is 5.63. The lowest BCUT2D eigenvalue weighted by Crippen LogP contribution is -2.16. The number of nitro groups is 1. The number of unbranched alkanes of at least 4 members (excludes halogenated alkanes) is 1. The molecule has 27 heavy (non-hydrogen) atoms. The third-order valence-electron chi connectivity index (χ3n) is 3.77. The van der Waals surface area contributed by atoms with Gasteiger partial charge in [-0.3, -0.25) is 10.1 Å². The van der Waals surface area contributed by atoms with Gasteiger partial charge in [-0.25, -0.2) is 4.98 Å². The van der Waals surface area contributed by atoms with Crippen LogP contribution in [0.5, 0.6) is 5.75 Å². The van der Waals surface area contributed by atoms with Crippen LogP contribution >= 0.6 is 27.5 Å². The van der Waals surface area contributed by atoms with Gasteiger partial charge in [0.05, 0.1) is 11.0 Å². The van der Waals surface area contributed by atoms with E-state index in [9.17, 15) is 18.9 Å². The first kappa shape index (κ1) is 21.3. The number of nitrogens with one attached hydrogen (secondary N) is 1. The predicted octanol–water partition coefficient (Wildman–Crippen LogP) is 6.35. The average Bonchev–Trinajstić information content (AvgIpc) is 2.58. The number of nitrogens with zero attached hydrogens (tertiary/aromatic N) is 2. The van der Waals surface area contributed by atoms with Crippen molar-refractivity contribution in [1.82, 2.24) is 4.98 Å². The Hall–Kier alpha value is -2.00. The van der Waals surface area contributed by atoms with E-state index in [2.05, 4.69) is 31.0 Å². The third-order valence-corrected chi connectivity index (χ3v) is 4.67. The normalized spacial score (nSPS) is 12.1. The summed E-state index contributed by atoms with van der Waals surface area (Å²) in [6.07, 6.45) is 2.12. The fourth-order valence-corrected chi connectivity index (χ4v) is 3.37. The third kappa shape index (κ3) is 5.74. The second kappa shape index (κ2) is 9.80. The van der Waals surface area contributed by atoms with Crippen molar-refractivity contribution in [1.29, 1.82) is 0 Å². The molecule has 1 aromatic heterocycles. The number of hydrogen-bond acceptors (Lipinski definition) is 5. The highest BCUT2D eigenvalue weighted by Crippen LogP contribution is 2.39. The van der Waals surface area contributed by atoms with Crippen LogP contribution in [0, 0.1) is 10.1 Å². The van der Waals surface area contributed by atoms with Crippen LogP contribution in [0.3, 0.4) is 0 Å². The minimum Gasteiger partial charge on any atom is -0.434 e. The standard InChI is InChI=1S/C17H17BrClF2N3O3/c1-2-3-6-11(15-10(18)5-4-7-13(15)27-17(20)21)22-16-12(24(25)26)8-9-14(19)23-16/h4-5,7-9,11,17H,2-3,6H2,1H3,(H,22,23)/t11-/m1/s1.